The molecule has 0 saturated carbocycles. The van der Waals surface area contributed by atoms with Crippen LogP contribution in [-0.2, 0) is 22.6 Å². The van der Waals surface area contributed by atoms with Crippen LogP contribution in [0.5, 0.6) is 17.2 Å². The lowest BCUT2D eigenvalue weighted by Crippen LogP contribution is -2.54. The number of allylic oxidation sites excluding steroid dienone is 1. The predicted molar refractivity (Wildman–Crippen MR) is 151 cm³/mol. The van der Waals surface area contributed by atoms with E-state index in [1.165, 1.54) is 25.3 Å². The van der Waals surface area contributed by atoms with Crippen molar-refractivity contribution in [1.29, 1.82) is 0 Å². The molecule has 1 fully saturated rings. The fourth-order valence-electron chi connectivity index (χ4n) is 4.18. The first-order valence-electron chi connectivity index (χ1n) is 12.6. The maximum atomic E-state index is 13.3. The standard InChI is InChI=1S/C30H27N3O8/c1-4-6-21-15-20(17-26(39-3)27(21)41-18-19-7-9-23(10-8-19)33(37)38)16-25-28(34)31-30(36)32(29(25)35)22-11-13-24(14-12-22)40-5-2/h4,7-17H,1,5-6,18H2,2-3H3,(H,31,34,36)/b25-16+. The van der Waals surface area contributed by atoms with E-state index in [4.69, 9.17) is 14.2 Å². The van der Waals surface area contributed by atoms with Crippen LogP contribution in [0.25, 0.3) is 6.08 Å². The molecule has 11 heteroatoms. The smallest absolute Gasteiger partial charge is 0.335 e. The van der Waals surface area contributed by atoms with Crippen LogP contribution in [-0.4, -0.2) is 36.5 Å². The average molecular weight is 558 g/mol. The minimum atomic E-state index is -0.860. The van der Waals surface area contributed by atoms with Crippen molar-refractivity contribution in [1.82, 2.24) is 5.32 Å². The van der Waals surface area contributed by atoms with Crippen LogP contribution >= 0.6 is 0 Å². The largest absolute Gasteiger partial charge is 0.494 e. The molecule has 41 heavy (non-hydrogen) atoms. The van der Waals surface area contributed by atoms with E-state index < -0.39 is 22.8 Å². The molecule has 4 rings (SSSR count). The number of amides is 4. The summed E-state index contributed by atoms with van der Waals surface area (Å²) in [6, 6.07) is 14.8. The molecule has 0 aliphatic carbocycles. The van der Waals surface area contributed by atoms with Crippen LogP contribution in [0.2, 0.25) is 0 Å². The number of hydrogen-bond acceptors (Lipinski definition) is 8. The number of barbiturate groups is 1. The lowest BCUT2D eigenvalue weighted by Gasteiger charge is -2.26. The molecule has 4 amide bonds. The number of carbonyl (C=O) groups is 3. The van der Waals surface area contributed by atoms with Gasteiger partial charge in [0.1, 0.15) is 17.9 Å². The monoisotopic (exact) mass is 557 g/mol. The minimum Gasteiger partial charge on any atom is -0.494 e. The van der Waals surface area contributed by atoms with Crippen LogP contribution in [0.3, 0.4) is 0 Å². The van der Waals surface area contributed by atoms with Crippen molar-refractivity contribution < 1.29 is 33.5 Å². The van der Waals surface area contributed by atoms with Gasteiger partial charge in [-0.3, -0.25) is 25.0 Å². The minimum absolute atomic E-state index is 0.0276. The maximum Gasteiger partial charge on any atom is 0.335 e. The van der Waals surface area contributed by atoms with E-state index >= 15 is 0 Å². The molecule has 3 aromatic carbocycles. The van der Waals surface area contributed by atoms with E-state index in [9.17, 15) is 24.5 Å². The summed E-state index contributed by atoms with van der Waals surface area (Å²) in [6.07, 6.45) is 3.41. The Morgan fingerprint density at radius 2 is 1.73 bits per heavy atom. The lowest BCUT2D eigenvalue weighted by atomic mass is 10.0. The van der Waals surface area contributed by atoms with E-state index in [1.54, 1.807) is 54.6 Å². The highest BCUT2D eigenvalue weighted by molar-refractivity contribution is 6.39. The summed E-state index contributed by atoms with van der Waals surface area (Å²) in [5.41, 5.74) is 1.83. The molecule has 0 aromatic heterocycles. The molecule has 0 unspecified atom stereocenters. The normalized spacial score (nSPS) is 14.0. The molecular formula is C30H27N3O8. The van der Waals surface area contributed by atoms with Gasteiger partial charge in [-0.25, -0.2) is 9.69 Å². The zero-order valence-electron chi connectivity index (χ0n) is 22.4. The van der Waals surface area contributed by atoms with Crippen LogP contribution in [0.4, 0.5) is 16.2 Å². The number of anilines is 1. The molecule has 1 saturated heterocycles. The SMILES string of the molecule is C=CCc1cc(/C=C2\C(=O)NC(=O)N(c3ccc(OCC)cc3)C2=O)cc(OC)c1OCc1ccc([N+](=O)[O-])cc1. The fourth-order valence-corrected chi connectivity index (χ4v) is 4.18. The Labute approximate surface area is 235 Å². The summed E-state index contributed by atoms with van der Waals surface area (Å²) in [4.78, 5) is 50.0. The number of ether oxygens (including phenoxy) is 3. The zero-order valence-corrected chi connectivity index (χ0v) is 22.4. The Morgan fingerprint density at radius 1 is 1.02 bits per heavy atom. The van der Waals surface area contributed by atoms with Crippen molar-refractivity contribution in [2.45, 2.75) is 20.0 Å². The molecule has 0 atom stereocenters. The van der Waals surface area contributed by atoms with Gasteiger partial charge in [-0.1, -0.05) is 6.08 Å². The summed E-state index contributed by atoms with van der Waals surface area (Å²) in [7, 11) is 1.45. The van der Waals surface area contributed by atoms with Crippen molar-refractivity contribution in [3.63, 3.8) is 0 Å². The Morgan fingerprint density at radius 3 is 2.34 bits per heavy atom. The number of nitro benzene ring substituents is 1. The van der Waals surface area contributed by atoms with E-state index in [2.05, 4.69) is 11.9 Å². The van der Waals surface area contributed by atoms with Crippen LogP contribution in [0, 0.1) is 10.1 Å². The average Bonchev–Trinajstić information content (AvgIpc) is 2.95. The number of hydrogen-bond donors (Lipinski definition) is 1. The summed E-state index contributed by atoms with van der Waals surface area (Å²) in [5, 5.41) is 13.1. The molecule has 1 N–H and O–H groups in total. The molecule has 1 aliphatic rings. The first-order chi connectivity index (χ1) is 19.7. The van der Waals surface area contributed by atoms with Crippen LogP contribution < -0.4 is 24.4 Å². The van der Waals surface area contributed by atoms with Crippen molar-refractivity contribution in [2.24, 2.45) is 0 Å². The number of nitrogens with one attached hydrogen (secondary N) is 1. The van der Waals surface area contributed by atoms with Crippen LogP contribution in [0.1, 0.15) is 23.6 Å². The number of urea groups is 1. The van der Waals surface area contributed by atoms with Crippen molar-refractivity contribution in [3.05, 3.63) is 106 Å². The maximum absolute atomic E-state index is 13.3. The fraction of sp³-hybridized carbons (Fsp3) is 0.167. The second-order valence-corrected chi connectivity index (χ2v) is 8.80. The highest BCUT2D eigenvalue weighted by atomic mass is 16.6. The van der Waals surface area contributed by atoms with Gasteiger partial charge in [0.05, 0.1) is 24.3 Å². The number of nitro groups is 1. The summed E-state index contributed by atoms with van der Waals surface area (Å²) in [6.45, 7) is 6.20. The van der Waals surface area contributed by atoms with Gasteiger partial charge in [-0.05, 0) is 79.1 Å². The third kappa shape index (κ3) is 6.41. The number of benzene rings is 3. The quantitative estimate of drug-likeness (QED) is 0.115. The van der Waals surface area contributed by atoms with Gasteiger partial charge in [0, 0.05) is 17.7 Å². The predicted octanol–water partition coefficient (Wildman–Crippen LogP) is 4.98. The third-order valence-electron chi connectivity index (χ3n) is 6.09. The van der Waals surface area contributed by atoms with Gasteiger partial charge >= 0.3 is 6.03 Å². The molecule has 210 valence electrons. The highest BCUT2D eigenvalue weighted by Gasteiger charge is 2.37. The van der Waals surface area contributed by atoms with E-state index in [0.717, 1.165) is 4.90 Å². The van der Waals surface area contributed by atoms with E-state index in [0.29, 0.717) is 47.0 Å². The Balaban J connectivity index is 1.64. The second-order valence-electron chi connectivity index (χ2n) is 8.80. The lowest BCUT2D eigenvalue weighted by molar-refractivity contribution is -0.384. The van der Waals surface area contributed by atoms with Gasteiger partial charge in [0.15, 0.2) is 11.5 Å². The van der Waals surface area contributed by atoms with Crippen LogP contribution in [0.15, 0.2) is 78.9 Å². The van der Waals surface area contributed by atoms with Crippen molar-refractivity contribution in [3.8, 4) is 17.2 Å². The topological polar surface area (TPSA) is 137 Å². The first kappa shape index (κ1) is 28.6. The molecule has 0 bridgehead atoms. The first-order valence-corrected chi connectivity index (χ1v) is 12.6. The van der Waals surface area contributed by atoms with Gasteiger partial charge in [-0.2, -0.15) is 0 Å². The number of imide groups is 2. The molecule has 1 heterocycles. The Kier molecular flexibility index (Phi) is 8.78. The summed E-state index contributed by atoms with van der Waals surface area (Å²) in [5.74, 6) is -0.291. The van der Waals surface area contributed by atoms with Gasteiger partial charge in [0.2, 0.25) is 0 Å². The molecule has 0 spiro atoms. The highest BCUT2D eigenvalue weighted by Crippen LogP contribution is 2.35. The van der Waals surface area contributed by atoms with E-state index in [-0.39, 0.29) is 23.6 Å². The molecular weight excluding hydrogens is 530 g/mol. The summed E-state index contributed by atoms with van der Waals surface area (Å²) >= 11 is 0. The summed E-state index contributed by atoms with van der Waals surface area (Å²) < 4.78 is 17.0. The van der Waals surface area contributed by atoms with Gasteiger partial charge in [-0.15, -0.1) is 6.58 Å². The molecule has 1 aliphatic heterocycles. The van der Waals surface area contributed by atoms with Gasteiger partial charge in [0.25, 0.3) is 17.5 Å². The van der Waals surface area contributed by atoms with E-state index in [1.807, 2.05) is 6.92 Å². The number of nitrogens with zero attached hydrogens (tertiary/aromatic N) is 2. The number of rotatable bonds is 11. The Hall–Kier alpha value is -5.45. The molecule has 11 nitrogen and oxygen atoms in total. The van der Waals surface area contributed by atoms with Crippen molar-refractivity contribution >= 4 is 35.3 Å². The molecule has 0 radical (unpaired) electrons. The second kappa shape index (κ2) is 12.6. The van der Waals surface area contributed by atoms with Crippen molar-refractivity contribution in [2.75, 3.05) is 18.6 Å². The van der Waals surface area contributed by atoms with Gasteiger partial charge < -0.3 is 14.2 Å². The number of carbonyl (C=O) groups excluding carboxylic acids is 3. The number of non-ortho nitro benzene ring substituents is 1. The molecule has 3 aromatic rings. The number of methoxy groups -OCH3 is 1. The third-order valence-corrected chi connectivity index (χ3v) is 6.09. The zero-order chi connectivity index (χ0) is 29.5. The Bertz CT molecular complexity index is 1530.